The first kappa shape index (κ1) is 21.6. The Morgan fingerprint density at radius 1 is 0.969 bits per heavy atom. The molecule has 32 heavy (non-hydrogen) atoms. The Balaban J connectivity index is 1.72. The molecule has 0 spiro atoms. The van der Waals surface area contributed by atoms with Gasteiger partial charge >= 0.3 is 0 Å². The molecule has 0 radical (unpaired) electrons. The molecule has 9 nitrogen and oxygen atoms in total. The van der Waals surface area contributed by atoms with Crippen LogP contribution in [0.2, 0.25) is 0 Å². The van der Waals surface area contributed by atoms with Crippen LogP contribution in [0.25, 0.3) is 0 Å². The van der Waals surface area contributed by atoms with E-state index in [1.54, 1.807) is 42.4 Å². The maximum Gasteiger partial charge on any atom is 0.260 e. The topological polar surface area (TPSA) is 108 Å². The van der Waals surface area contributed by atoms with Crippen molar-refractivity contribution in [1.29, 1.82) is 0 Å². The van der Waals surface area contributed by atoms with E-state index in [1.807, 2.05) is 43.0 Å². The highest BCUT2D eigenvalue weighted by atomic mass is 32.2. The van der Waals surface area contributed by atoms with Crippen molar-refractivity contribution >= 4 is 50.4 Å². The minimum absolute atomic E-state index is 0.0401. The number of fused-ring (bicyclic) bond motifs is 2. The maximum absolute atomic E-state index is 13.1. The number of nitrogens with zero attached hydrogens (tertiary/aromatic N) is 4. The molecule has 0 atom stereocenters. The molecule has 2 aromatic carbocycles. The number of carbonyl (C=O) groups excluding carboxylic acids is 1. The molecule has 0 saturated heterocycles. The second kappa shape index (κ2) is 8.12. The van der Waals surface area contributed by atoms with Gasteiger partial charge in [-0.15, -0.1) is 0 Å². The van der Waals surface area contributed by atoms with Gasteiger partial charge in [0.15, 0.2) is 5.82 Å². The number of aromatic nitrogens is 2. The summed E-state index contributed by atoms with van der Waals surface area (Å²) in [4.78, 5) is 25.8. The van der Waals surface area contributed by atoms with Crippen LogP contribution in [0.1, 0.15) is 24.2 Å². The van der Waals surface area contributed by atoms with E-state index in [0.717, 1.165) is 11.9 Å². The fourth-order valence-electron chi connectivity index (χ4n) is 3.60. The van der Waals surface area contributed by atoms with E-state index in [2.05, 4.69) is 15.0 Å². The fraction of sp³-hybridized carbons (Fsp3) is 0.227. The highest BCUT2D eigenvalue weighted by molar-refractivity contribution is 7.92. The predicted octanol–water partition coefficient (Wildman–Crippen LogP) is 3.73. The summed E-state index contributed by atoms with van der Waals surface area (Å²) in [6, 6.07) is 14.3. The SMILES string of the molecule is CC(C)N1c2ccccc2C(=O)N(C)c2cnc(Nc3ccc(NS(C)(=O)=O)cc3)nc21. The molecule has 1 aliphatic rings. The van der Waals surface area contributed by atoms with Gasteiger partial charge in [-0.3, -0.25) is 9.52 Å². The van der Waals surface area contributed by atoms with Crippen LogP contribution in [0.3, 0.4) is 0 Å². The van der Waals surface area contributed by atoms with Crippen molar-refractivity contribution in [2.24, 2.45) is 0 Å². The van der Waals surface area contributed by atoms with Crippen LogP contribution >= 0.6 is 0 Å². The summed E-state index contributed by atoms with van der Waals surface area (Å²) in [6.07, 6.45) is 2.73. The monoisotopic (exact) mass is 452 g/mol. The van der Waals surface area contributed by atoms with Crippen LogP contribution < -0.4 is 19.8 Å². The fourth-order valence-corrected chi connectivity index (χ4v) is 4.16. The van der Waals surface area contributed by atoms with Crippen LogP contribution in [0.5, 0.6) is 0 Å². The highest BCUT2D eigenvalue weighted by Gasteiger charge is 2.31. The van der Waals surface area contributed by atoms with E-state index < -0.39 is 10.0 Å². The number of amides is 1. The van der Waals surface area contributed by atoms with E-state index in [4.69, 9.17) is 4.98 Å². The number of carbonyl (C=O) groups is 1. The molecular weight excluding hydrogens is 428 g/mol. The van der Waals surface area contributed by atoms with Crippen molar-refractivity contribution in [3.8, 4) is 0 Å². The first-order valence-electron chi connectivity index (χ1n) is 10.0. The average Bonchev–Trinajstić information content (AvgIpc) is 2.82. The number of sulfonamides is 1. The Labute approximate surface area is 187 Å². The average molecular weight is 453 g/mol. The molecule has 0 fully saturated rings. The van der Waals surface area contributed by atoms with E-state index in [9.17, 15) is 13.2 Å². The number of para-hydroxylation sites is 1. The third-order valence-corrected chi connectivity index (χ3v) is 5.61. The Morgan fingerprint density at radius 2 is 1.62 bits per heavy atom. The molecule has 0 unspecified atom stereocenters. The summed E-state index contributed by atoms with van der Waals surface area (Å²) < 4.78 is 25.2. The van der Waals surface area contributed by atoms with Crippen LogP contribution in [0.15, 0.2) is 54.7 Å². The zero-order valence-corrected chi connectivity index (χ0v) is 19.0. The molecule has 0 aliphatic carbocycles. The van der Waals surface area contributed by atoms with Crippen LogP contribution in [-0.2, 0) is 10.0 Å². The van der Waals surface area contributed by atoms with Crippen LogP contribution in [-0.4, -0.2) is 43.6 Å². The lowest BCUT2D eigenvalue weighted by Gasteiger charge is -2.29. The van der Waals surface area contributed by atoms with E-state index in [0.29, 0.717) is 34.4 Å². The Kier molecular flexibility index (Phi) is 5.47. The van der Waals surface area contributed by atoms with Crippen molar-refractivity contribution in [3.05, 3.63) is 60.3 Å². The number of benzene rings is 2. The van der Waals surface area contributed by atoms with Gasteiger partial charge in [-0.05, 0) is 50.2 Å². The Hall–Kier alpha value is -3.66. The molecule has 4 rings (SSSR count). The molecular formula is C22H24N6O3S. The van der Waals surface area contributed by atoms with Gasteiger partial charge in [0.05, 0.1) is 23.7 Å². The largest absolute Gasteiger partial charge is 0.324 e. The summed E-state index contributed by atoms with van der Waals surface area (Å²) in [5.74, 6) is 0.857. The molecule has 10 heteroatoms. The summed E-state index contributed by atoms with van der Waals surface area (Å²) in [5, 5.41) is 3.14. The van der Waals surface area contributed by atoms with Crippen molar-refractivity contribution in [2.75, 3.05) is 33.1 Å². The first-order valence-corrected chi connectivity index (χ1v) is 11.9. The van der Waals surface area contributed by atoms with Gasteiger partial charge in [0.2, 0.25) is 16.0 Å². The second-order valence-electron chi connectivity index (χ2n) is 7.82. The molecule has 1 aromatic heterocycles. The zero-order valence-electron chi connectivity index (χ0n) is 18.2. The van der Waals surface area contributed by atoms with E-state index >= 15 is 0 Å². The van der Waals surface area contributed by atoms with Gasteiger partial charge in [-0.25, -0.2) is 13.4 Å². The first-order chi connectivity index (χ1) is 15.1. The van der Waals surface area contributed by atoms with Crippen molar-refractivity contribution in [1.82, 2.24) is 9.97 Å². The summed E-state index contributed by atoms with van der Waals surface area (Å²) in [7, 11) is -1.63. The van der Waals surface area contributed by atoms with E-state index in [-0.39, 0.29) is 11.9 Å². The molecule has 2 heterocycles. The third-order valence-electron chi connectivity index (χ3n) is 5.00. The van der Waals surface area contributed by atoms with Gasteiger partial charge < -0.3 is 15.1 Å². The molecule has 2 N–H and O–H groups in total. The maximum atomic E-state index is 13.1. The van der Waals surface area contributed by atoms with Crippen molar-refractivity contribution in [3.63, 3.8) is 0 Å². The Bertz CT molecular complexity index is 1280. The molecule has 3 aromatic rings. The van der Waals surface area contributed by atoms with E-state index in [1.165, 1.54) is 0 Å². The number of nitrogens with one attached hydrogen (secondary N) is 2. The molecule has 1 amide bonds. The smallest absolute Gasteiger partial charge is 0.260 e. The predicted molar refractivity (Wildman–Crippen MR) is 127 cm³/mol. The highest BCUT2D eigenvalue weighted by Crippen LogP contribution is 2.40. The van der Waals surface area contributed by atoms with Gasteiger partial charge in [-0.2, -0.15) is 4.98 Å². The lowest BCUT2D eigenvalue weighted by atomic mass is 10.1. The van der Waals surface area contributed by atoms with Gasteiger partial charge in [-0.1, -0.05) is 12.1 Å². The molecule has 0 saturated carbocycles. The van der Waals surface area contributed by atoms with Gasteiger partial charge in [0.25, 0.3) is 5.91 Å². The standard InChI is InChI=1S/C22H24N6O3S/c1-14(2)28-18-8-6-5-7-17(18)21(29)27(3)19-13-23-22(25-20(19)28)24-15-9-11-16(12-10-15)26-32(4,30)31/h5-14,26H,1-4H3,(H,23,24,25). The number of hydrogen-bond acceptors (Lipinski definition) is 7. The van der Waals surface area contributed by atoms with Crippen molar-refractivity contribution in [2.45, 2.75) is 19.9 Å². The summed E-state index contributed by atoms with van der Waals surface area (Å²) in [6.45, 7) is 4.08. The van der Waals surface area contributed by atoms with Gasteiger partial charge in [0.1, 0.15) is 5.69 Å². The number of hydrogen-bond donors (Lipinski definition) is 2. The summed E-state index contributed by atoms with van der Waals surface area (Å²) >= 11 is 0. The van der Waals surface area contributed by atoms with Crippen LogP contribution in [0, 0.1) is 0 Å². The molecule has 166 valence electrons. The zero-order chi connectivity index (χ0) is 23.0. The molecule has 0 bridgehead atoms. The second-order valence-corrected chi connectivity index (χ2v) is 9.57. The number of rotatable bonds is 5. The lowest BCUT2D eigenvalue weighted by Crippen LogP contribution is -2.27. The third kappa shape index (κ3) is 4.22. The number of anilines is 6. The van der Waals surface area contributed by atoms with Gasteiger partial charge in [0, 0.05) is 24.5 Å². The minimum Gasteiger partial charge on any atom is -0.324 e. The van der Waals surface area contributed by atoms with Crippen molar-refractivity contribution < 1.29 is 13.2 Å². The quantitative estimate of drug-likeness (QED) is 0.607. The Morgan fingerprint density at radius 3 is 2.28 bits per heavy atom. The normalized spacial score (nSPS) is 13.5. The minimum atomic E-state index is -3.34. The molecule has 1 aliphatic heterocycles. The summed E-state index contributed by atoms with van der Waals surface area (Å²) in [5.41, 5.74) is 3.16. The lowest BCUT2D eigenvalue weighted by molar-refractivity contribution is 0.0994. The van der Waals surface area contributed by atoms with Crippen LogP contribution in [0.4, 0.5) is 34.5 Å².